The SMILES string of the molecule is CCOC(=O)C1COCC(C)(C)N1. The standard InChI is InChI=1S/C9H17NO3/c1-4-13-8(11)7-5-12-6-9(2,3)10-7/h7,10H,4-6H2,1-3H3. The summed E-state index contributed by atoms with van der Waals surface area (Å²) in [7, 11) is 0. The van der Waals surface area contributed by atoms with Crippen molar-refractivity contribution in [2.24, 2.45) is 0 Å². The van der Waals surface area contributed by atoms with Crippen LogP contribution in [0.15, 0.2) is 0 Å². The zero-order valence-electron chi connectivity index (χ0n) is 8.42. The summed E-state index contributed by atoms with van der Waals surface area (Å²) in [6.07, 6.45) is 0. The summed E-state index contributed by atoms with van der Waals surface area (Å²) in [5.41, 5.74) is -0.143. The van der Waals surface area contributed by atoms with Crippen LogP contribution in [0.3, 0.4) is 0 Å². The largest absolute Gasteiger partial charge is 0.465 e. The molecule has 1 N–H and O–H groups in total. The summed E-state index contributed by atoms with van der Waals surface area (Å²) in [4.78, 5) is 11.3. The van der Waals surface area contributed by atoms with E-state index < -0.39 is 0 Å². The van der Waals surface area contributed by atoms with Crippen LogP contribution in [0.5, 0.6) is 0 Å². The summed E-state index contributed by atoms with van der Waals surface area (Å²) >= 11 is 0. The second-order valence-corrected chi connectivity index (χ2v) is 3.85. The Kier molecular flexibility index (Phi) is 3.27. The Morgan fingerprint density at radius 1 is 1.69 bits per heavy atom. The van der Waals surface area contributed by atoms with E-state index in [1.54, 1.807) is 6.92 Å². The summed E-state index contributed by atoms with van der Waals surface area (Å²) in [6, 6.07) is -0.316. The molecule has 1 saturated heterocycles. The van der Waals surface area contributed by atoms with Crippen molar-refractivity contribution in [3.8, 4) is 0 Å². The molecule has 0 saturated carbocycles. The van der Waals surface area contributed by atoms with Gasteiger partial charge in [0, 0.05) is 5.54 Å². The predicted molar refractivity (Wildman–Crippen MR) is 48.5 cm³/mol. The van der Waals surface area contributed by atoms with Gasteiger partial charge in [-0.25, -0.2) is 0 Å². The van der Waals surface area contributed by atoms with Crippen molar-refractivity contribution in [2.75, 3.05) is 19.8 Å². The number of hydrogen-bond donors (Lipinski definition) is 1. The highest BCUT2D eigenvalue weighted by molar-refractivity contribution is 5.76. The third-order valence-electron chi connectivity index (χ3n) is 1.88. The number of esters is 1. The van der Waals surface area contributed by atoms with Crippen LogP contribution in [0, 0.1) is 0 Å². The Balaban J connectivity index is 2.47. The highest BCUT2D eigenvalue weighted by Crippen LogP contribution is 2.11. The van der Waals surface area contributed by atoms with Crippen molar-refractivity contribution in [1.29, 1.82) is 0 Å². The maximum Gasteiger partial charge on any atom is 0.325 e. The van der Waals surface area contributed by atoms with Gasteiger partial charge in [0.1, 0.15) is 6.04 Å². The van der Waals surface area contributed by atoms with Crippen LogP contribution >= 0.6 is 0 Å². The molecule has 0 spiro atoms. The third kappa shape index (κ3) is 2.97. The molecule has 0 aromatic carbocycles. The van der Waals surface area contributed by atoms with Crippen molar-refractivity contribution < 1.29 is 14.3 Å². The monoisotopic (exact) mass is 187 g/mol. The van der Waals surface area contributed by atoms with E-state index in [1.165, 1.54) is 0 Å². The van der Waals surface area contributed by atoms with Gasteiger partial charge in [0.15, 0.2) is 0 Å². The fraction of sp³-hybridized carbons (Fsp3) is 0.889. The molecule has 1 aliphatic heterocycles. The van der Waals surface area contributed by atoms with E-state index in [4.69, 9.17) is 9.47 Å². The molecule has 0 aromatic rings. The van der Waals surface area contributed by atoms with Crippen LogP contribution in [0.2, 0.25) is 0 Å². The molecule has 4 heteroatoms. The van der Waals surface area contributed by atoms with Gasteiger partial charge in [-0.1, -0.05) is 0 Å². The van der Waals surface area contributed by atoms with Gasteiger partial charge in [0.25, 0.3) is 0 Å². The Morgan fingerprint density at radius 3 is 2.92 bits per heavy atom. The van der Waals surface area contributed by atoms with Gasteiger partial charge in [0.05, 0.1) is 19.8 Å². The van der Waals surface area contributed by atoms with E-state index >= 15 is 0 Å². The Labute approximate surface area is 78.6 Å². The molecule has 76 valence electrons. The molecule has 4 nitrogen and oxygen atoms in total. The van der Waals surface area contributed by atoms with Crippen molar-refractivity contribution in [3.05, 3.63) is 0 Å². The van der Waals surface area contributed by atoms with Gasteiger partial charge >= 0.3 is 5.97 Å². The van der Waals surface area contributed by atoms with E-state index in [-0.39, 0.29) is 17.6 Å². The first-order valence-electron chi connectivity index (χ1n) is 4.57. The average molecular weight is 187 g/mol. The van der Waals surface area contributed by atoms with E-state index in [1.807, 2.05) is 13.8 Å². The van der Waals surface area contributed by atoms with Gasteiger partial charge in [-0.05, 0) is 20.8 Å². The van der Waals surface area contributed by atoms with Crippen molar-refractivity contribution in [1.82, 2.24) is 5.32 Å². The predicted octanol–water partition coefficient (Wildman–Crippen LogP) is 0.316. The van der Waals surface area contributed by atoms with Crippen molar-refractivity contribution in [3.63, 3.8) is 0 Å². The fourth-order valence-electron chi connectivity index (χ4n) is 1.36. The first-order chi connectivity index (χ1) is 6.05. The van der Waals surface area contributed by atoms with E-state index in [2.05, 4.69) is 5.32 Å². The lowest BCUT2D eigenvalue weighted by Crippen LogP contribution is -2.58. The number of ether oxygens (including phenoxy) is 2. The molecule has 0 radical (unpaired) electrons. The van der Waals surface area contributed by atoms with Crippen LogP contribution in [0.25, 0.3) is 0 Å². The molecule has 0 bridgehead atoms. The van der Waals surface area contributed by atoms with Crippen molar-refractivity contribution in [2.45, 2.75) is 32.4 Å². The highest BCUT2D eigenvalue weighted by Gasteiger charge is 2.32. The van der Waals surface area contributed by atoms with Crippen LogP contribution < -0.4 is 5.32 Å². The first kappa shape index (κ1) is 10.5. The number of carbonyl (C=O) groups excluding carboxylic acids is 1. The number of rotatable bonds is 2. The second kappa shape index (κ2) is 4.07. The van der Waals surface area contributed by atoms with Gasteiger partial charge in [0.2, 0.25) is 0 Å². The van der Waals surface area contributed by atoms with Gasteiger partial charge in [-0.15, -0.1) is 0 Å². The molecule has 0 aliphatic carbocycles. The molecule has 0 aromatic heterocycles. The molecule has 0 amide bonds. The number of morpholine rings is 1. The van der Waals surface area contributed by atoms with Crippen molar-refractivity contribution >= 4 is 5.97 Å². The zero-order chi connectivity index (χ0) is 9.90. The van der Waals surface area contributed by atoms with Gasteiger partial charge < -0.3 is 9.47 Å². The lowest BCUT2D eigenvalue weighted by molar-refractivity contribution is -0.150. The highest BCUT2D eigenvalue weighted by atomic mass is 16.5. The Morgan fingerprint density at radius 2 is 2.38 bits per heavy atom. The number of hydrogen-bond acceptors (Lipinski definition) is 4. The maximum atomic E-state index is 11.3. The molecule has 1 heterocycles. The minimum absolute atomic E-state index is 0.143. The zero-order valence-corrected chi connectivity index (χ0v) is 8.42. The fourth-order valence-corrected chi connectivity index (χ4v) is 1.36. The molecule has 1 unspecified atom stereocenters. The summed E-state index contributed by atoms with van der Waals surface area (Å²) in [6.45, 7) is 7.24. The third-order valence-corrected chi connectivity index (χ3v) is 1.88. The minimum atomic E-state index is -0.316. The number of carbonyl (C=O) groups is 1. The molecular formula is C9H17NO3. The second-order valence-electron chi connectivity index (χ2n) is 3.85. The van der Waals surface area contributed by atoms with E-state index in [0.717, 1.165) is 0 Å². The molecule has 1 atom stereocenters. The molecule has 1 fully saturated rings. The molecule has 1 aliphatic rings. The summed E-state index contributed by atoms with van der Waals surface area (Å²) < 4.78 is 10.2. The summed E-state index contributed by atoms with van der Waals surface area (Å²) in [5.74, 6) is -0.227. The Hall–Kier alpha value is -0.610. The van der Waals surface area contributed by atoms with Crippen LogP contribution in [0.1, 0.15) is 20.8 Å². The Bertz CT molecular complexity index is 191. The maximum absolute atomic E-state index is 11.3. The van der Waals surface area contributed by atoms with Crippen LogP contribution in [-0.4, -0.2) is 37.4 Å². The average Bonchev–Trinajstić information content (AvgIpc) is 2.03. The lowest BCUT2D eigenvalue weighted by atomic mass is 10.0. The van der Waals surface area contributed by atoms with Crippen LogP contribution in [-0.2, 0) is 14.3 Å². The quantitative estimate of drug-likeness (QED) is 0.632. The summed E-state index contributed by atoms with van der Waals surface area (Å²) in [5, 5.41) is 3.18. The molecule has 13 heavy (non-hydrogen) atoms. The first-order valence-corrected chi connectivity index (χ1v) is 4.57. The lowest BCUT2D eigenvalue weighted by Gasteiger charge is -2.35. The minimum Gasteiger partial charge on any atom is -0.465 e. The normalized spacial score (nSPS) is 26.8. The van der Waals surface area contributed by atoms with Crippen LogP contribution in [0.4, 0.5) is 0 Å². The van der Waals surface area contributed by atoms with E-state index in [0.29, 0.717) is 19.8 Å². The smallest absolute Gasteiger partial charge is 0.325 e. The molecular weight excluding hydrogens is 170 g/mol. The van der Waals surface area contributed by atoms with Gasteiger partial charge in [-0.3, -0.25) is 10.1 Å². The topological polar surface area (TPSA) is 47.6 Å². The van der Waals surface area contributed by atoms with Gasteiger partial charge in [-0.2, -0.15) is 0 Å². The number of nitrogens with one attached hydrogen (secondary N) is 1. The van der Waals surface area contributed by atoms with E-state index in [9.17, 15) is 4.79 Å². The molecule has 1 rings (SSSR count).